The minimum atomic E-state index is -0.297. The Morgan fingerprint density at radius 3 is 2.73 bits per heavy atom. The van der Waals surface area contributed by atoms with E-state index in [9.17, 15) is 4.79 Å². The van der Waals surface area contributed by atoms with Crippen molar-refractivity contribution in [2.24, 2.45) is 0 Å². The van der Waals surface area contributed by atoms with Gasteiger partial charge in [-0.15, -0.1) is 5.10 Å². The maximum absolute atomic E-state index is 12.6. The summed E-state index contributed by atoms with van der Waals surface area (Å²) in [6.45, 7) is 6.53. The highest BCUT2D eigenvalue weighted by Crippen LogP contribution is 2.19. The van der Waals surface area contributed by atoms with Gasteiger partial charge in [0.05, 0.1) is 18.0 Å². The normalized spacial score (nSPS) is 10.6. The molecule has 0 aliphatic rings. The molecule has 0 aliphatic heterocycles. The first-order valence-electron chi connectivity index (χ1n) is 8.62. The lowest BCUT2D eigenvalue weighted by molar-refractivity contribution is 0.102. The number of carbonyl (C=O) groups excluding carboxylic acids is 1. The number of anilines is 1. The zero-order valence-electron chi connectivity index (χ0n) is 15.2. The van der Waals surface area contributed by atoms with Crippen LogP contribution in [0.15, 0.2) is 48.5 Å². The van der Waals surface area contributed by atoms with Gasteiger partial charge in [-0.2, -0.15) is 0 Å². The van der Waals surface area contributed by atoms with Gasteiger partial charge in [-0.25, -0.2) is 4.68 Å². The van der Waals surface area contributed by atoms with Crippen LogP contribution in [0.4, 0.5) is 5.69 Å². The molecule has 134 valence electrons. The van der Waals surface area contributed by atoms with E-state index in [1.54, 1.807) is 10.7 Å². The lowest BCUT2D eigenvalue weighted by Crippen LogP contribution is -2.14. The van der Waals surface area contributed by atoms with Crippen LogP contribution in [0.2, 0.25) is 0 Å². The van der Waals surface area contributed by atoms with Crippen LogP contribution in [0.3, 0.4) is 0 Å². The lowest BCUT2D eigenvalue weighted by atomic mass is 10.2. The fourth-order valence-electron chi connectivity index (χ4n) is 2.62. The summed E-state index contributed by atoms with van der Waals surface area (Å²) in [7, 11) is 0. The molecule has 0 bridgehead atoms. The fraction of sp³-hybridized carbons (Fsp3) is 0.250. The summed E-state index contributed by atoms with van der Waals surface area (Å²) in [4.78, 5) is 12.6. The summed E-state index contributed by atoms with van der Waals surface area (Å²) in [5.41, 5.74) is 3.64. The molecule has 0 aliphatic carbocycles. The van der Waals surface area contributed by atoms with E-state index >= 15 is 0 Å². The van der Waals surface area contributed by atoms with Gasteiger partial charge in [0.15, 0.2) is 5.69 Å². The summed E-state index contributed by atoms with van der Waals surface area (Å²) >= 11 is 0. The third kappa shape index (κ3) is 3.91. The first-order chi connectivity index (χ1) is 12.6. The van der Waals surface area contributed by atoms with Crippen molar-refractivity contribution >= 4 is 11.6 Å². The molecule has 26 heavy (non-hydrogen) atoms. The van der Waals surface area contributed by atoms with E-state index in [4.69, 9.17) is 4.74 Å². The van der Waals surface area contributed by atoms with Crippen molar-refractivity contribution in [2.75, 3.05) is 11.9 Å². The highest BCUT2D eigenvalue weighted by molar-refractivity contribution is 6.03. The summed E-state index contributed by atoms with van der Waals surface area (Å²) in [6.07, 6.45) is 0.928. The zero-order chi connectivity index (χ0) is 18.5. The molecule has 1 heterocycles. The van der Waals surface area contributed by atoms with E-state index < -0.39 is 0 Å². The third-order valence-corrected chi connectivity index (χ3v) is 3.92. The predicted octanol–water partition coefficient (Wildman–Crippen LogP) is 3.93. The van der Waals surface area contributed by atoms with Crippen LogP contribution < -0.4 is 10.1 Å². The van der Waals surface area contributed by atoms with Gasteiger partial charge in [0.1, 0.15) is 5.75 Å². The van der Waals surface area contributed by atoms with Crippen LogP contribution >= 0.6 is 0 Å². The second kappa shape index (κ2) is 7.82. The second-order valence-electron chi connectivity index (χ2n) is 6.10. The van der Waals surface area contributed by atoms with Crippen molar-refractivity contribution in [3.63, 3.8) is 0 Å². The Hall–Kier alpha value is -3.15. The third-order valence-electron chi connectivity index (χ3n) is 3.92. The number of carbonyl (C=O) groups is 1. The topological polar surface area (TPSA) is 69.0 Å². The molecule has 6 heteroatoms. The van der Waals surface area contributed by atoms with Crippen LogP contribution in [0.1, 0.15) is 35.1 Å². The number of nitrogens with one attached hydrogen (secondary N) is 1. The Kier molecular flexibility index (Phi) is 5.31. The number of ether oxygens (including phenoxy) is 1. The van der Waals surface area contributed by atoms with E-state index in [2.05, 4.69) is 15.6 Å². The minimum Gasteiger partial charge on any atom is -0.494 e. The molecule has 3 rings (SSSR count). The van der Waals surface area contributed by atoms with Crippen molar-refractivity contribution in [2.45, 2.75) is 27.2 Å². The summed E-state index contributed by atoms with van der Waals surface area (Å²) in [5, 5.41) is 11.0. The van der Waals surface area contributed by atoms with Crippen LogP contribution in [-0.4, -0.2) is 27.5 Å². The molecule has 6 nitrogen and oxygen atoms in total. The molecule has 0 saturated heterocycles. The quantitative estimate of drug-likeness (QED) is 0.731. The van der Waals surface area contributed by atoms with E-state index in [1.807, 2.05) is 63.2 Å². The largest absolute Gasteiger partial charge is 0.494 e. The Morgan fingerprint density at radius 1 is 1.15 bits per heavy atom. The zero-order valence-corrected chi connectivity index (χ0v) is 15.2. The van der Waals surface area contributed by atoms with Gasteiger partial charge in [0.25, 0.3) is 5.91 Å². The summed E-state index contributed by atoms with van der Waals surface area (Å²) in [5.74, 6) is 0.429. The molecular formula is C20H22N4O2. The van der Waals surface area contributed by atoms with Crippen LogP contribution in [0.5, 0.6) is 5.75 Å². The number of hydrogen-bond acceptors (Lipinski definition) is 4. The van der Waals surface area contributed by atoms with Gasteiger partial charge in [0, 0.05) is 11.8 Å². The summed E-state index contributed by atoms with van der Waals surface area (Å²) < 4.78 is 7.27. The highest BCUT2D eigenvalue weighted by Gasteiger charge is 2.17. The molecule has 0 radical (unpaired) electrons. The Bertz CT molecular complexity index is 918. The van der Waals surface area contributed by atoms with Crippen LogP contribution in [0.25, 0.3) is 5.69 Å². The molecule has 3 aromatic rings. The van der Waals surface area contributed by atoms with Gasteiger partial charge < -0.3 is 10.1 Å². The smallest absolute Gasteiger partial charge is 0.278 e. The minimum absolute atomic E-state index is 0.297. The molecule has 1 aromatic heterocycles. The monoisotopic (exact) mass is 350 g/mol. The van der Waals surface area contributed by atoms with Crippen molar-refractivity contribution in [1.29, 1.82) is 0 Å². The average Bonchev–Trinajstić information content (AvgIpc) is 3.02. The van der Waals surface area contributed by atoms with E-state index in [-0.39, 0.29) is 5.91 Å². The predicted molar refractivity (Wildman–Crippen MR) is 101 cm³/mol. The number of nitrogens with zero attached hydrogens (tertiary/aromatic N) is 3. The number of benzene rings is 2. The maximum Gasteiger partial charge on any atom is 0.278 e. The fourth-order valence-corrected chi connectivity index (χ4v) is 2.62. The van der Waals surface area contributed by atoms with Gasteiger partial charge >= 0.3 is 0 Å². The first-order valence-corrected chi connectivity index (χ1v) is 8.62. The highest BCUT2D eigenvalue weighted by atomic mass is 16.5. The van der Waals surface area contributed by atoms with Gasteiger partial charge in [-0.3, -0.25) is 4.79 Å². The van der Waals surface area contributed by atoms with E-state index in [1.165, 1.54) is 0 Å². The first kappa shape index (κ1) is 17.7. The van der Waals surface area contributed by atoms with Crippen molar-refractivity contribution in [3.8, 4) is 11.4 Å². The van der Waals surface area contributed by atoms with Crippen LogP contribution in [0, 0.1) is 13.8 Å². The second-order valence-corrected chi connectivity index (χ2v) is 6.10. The molecular weight excluding hydrogens is 328 g/mol. The van der Waals surface area contributed by atoms with Crippen molar-refractivity contribution < 1.29 is 9.53 Å². The van der Waals surface area contributed by atoms with E-state index in [0.29, 0.717) is 23.7 Å². The Labute approximate surface area is 152 Å². The van der Waals surface area contributed by atoms with E-state index in [0.717, 1.165) is 23.4 Å². The molecule has 2 aromatic carbocycles. The molecule has 0 atom stereocenters. The molecule has 0 spiro atoms. The Morgan fingerprint density at radius 2 is 1.96 bits per heavy atom. The van der Waals surface area contributed by atoms with Crippen molar-refractivity contribution in [3.05, 3.63) is 65.5 Å². The van der Waals surface area contributed by atoms with Gasteiger partial charge in [-0.1, -0.05) is 30.3 Å². The van der Waals surface area contributed by atoms with Crippen molar-refractivity contribution in [1.82, 2.24) is 15.0 Å². The molecule has 1 N–H and O–H groups in total. The van der Waals surface area contributed by atoms with Gasteiger partial charge in [0.2, 0.25) is 0 Å². The lowest BCUT2D eigenvalue weighted by Gasteiger charge is -2.08. The molecule has 0 saturated carbocycles. The number of hydrogen-bond donors (Lipinski definition) is 1. The average molecular weight is 350 g/mol. The number of rotatable bonds is 6. The number of amides is 1. The Balaban J connectivity index is 1.79. The van der Waals surface area contributed by atoms with Gasteiger partial charge in [-0.05, 0) is 50.1 Å². The standard InChI is InChI=1S/C20H22N4O2/c1-4-11-26-18-10-6-8-16(13-18)21-20(25)19-15(3)24(23-22-19)17-9-5-7-14(2)12-17/h5-10,12-13H,4,11H2,1-3H3,(H,21,25). The maximum atomic E-state index is 12.6. The molecule has 0 fully saturated rings. The summed E-state index contributed by atoms with van der Waals surface area (Å²) in [6, 6.07) is 15.2. The number of aromatic nitrogens is 3. The van der Waals surface area contributed by atoms with Crippen LogP contribution in [-0.2, 0) is 0 Å². The molecule has 1 amide bonds. The SMILES string of the molecule is CCCOc1cccc(NC(=O)c2nnn(-c3cccc(C)c3)c2C)c1. The molecule has 0 unspecified atom stereocenters. The number of aryl methyl sites for hydroxylation is 1.